The van der Waals surface area contributed by atoms with Crippen LogP contribution in [0.2, 0.25) is 0 Å². The van der Waals surface area contributed by atoms with Gasteiger partial charge < -0.3 is 4.74 Å². The fraction of sp³-hybridized carbons (Fsp3) is 0.500. The topological polar surface area (TPSA) is 81.8 Å². The van der Waals surface area contributed by atoms with E-state index in [4.69, 9.17) is 10.9 Å². The van der Waals surface area contributed by atoms with Crippen LogP contribution in [0.4, 0.5) is 0 Å². The van der Waals surface area contributed by atoms with Crippen molar-refractivity contribution in [2.45, 2.75) is 0 Å². The van der Waals surface area contributed by atoms with E-state index < -0.39 is 0 Å². The van der Waals surface area contributed by atoms with Crippen molar-refractivity contribution in [3.8, 4) is 0 Å². The molecule has 0 bridgehead atoms. The van der Waals surface area contributed by atoms with Gasteiger partial charge in [0.25, 0.3) is 0 Å². The molecule has 5 heteroatoms. The Morgan fingerprint density at radius 2 is 2.71 bits per heavy atom. The van der Waals surface area contributed by atoms with Gasteiger partial charge in [-0.2, -0.15) is 0 Å². The van der Waals surface area contributed by atoms with Gasteiger partial charge in [0, 0.05) is 4.91 Å². The minimum Gasteiger partial charge on any atom is -0.478 e. The number of ether oxygens (including phenoxy) is 1. The minimum absolute atomic E-state index is 0.0972. The Morgan fingerprint density at radius 3 is 3.14 bits per heavy atom. The SMILES string of the molecule is [N-]=[N+]=NCOC=N. The van der Waals surface area contributed by atoms with E-state index in [1.54, 1.807) is 0 Å². The molecule has 0 fully saturated rings. The molecule has 0 rings (SSSR count). The summed E-state index contributed by atoms with van der Waals surface area (Å²) in [6.07, 6.45) is 0.717. The van der Waals surface area contributed by atoms with E-state index >= 15 is 0 Å². The highest BCUT2D eigenvalue weighted by molar-refractivity contribution is 5.40. The molecule has 0 spiro atoms. The molecule has 0 aliphatic carbocycles. The third-order valence-electron chi connectivity index (χ3n) is 0.279. The van der Waals surface area contributed by atoms with Crippen molar-refractivity contribution in [1.29, 1.82) is 5.41 Å². The predicted octanol–water partition coefficient (Wildman–Crippen LogP) is 0.878. The van der Waals surface area contributed by atoms with E-state index in [1.165, 1.54) is 0 Å². The van der Waals surface area contributed by atoms with E-state index in [9.17, 15) is 0 Å². The van der Waals surface area contributed by atoms with Gasteiger partial charge in [-0.1, -0.05) is 5.11 Å². The number of rotatable bonds is 3. The smallest absolute Gasteiger partial charge is 0.168 e. The van der Waals surface area contributed by atoms with Crippen LogP contribution in [0.1, 0.15) is 0 Å². The second-order valence-corrected chi connectivity index (χ2v) is 0.644. The highest BCUT2D eigenvalue weighted by Gasteiger charge is 1.66. The monoisotopic (exact) mass is 100 g/mol. The highest BCUT2D eigenvalue weighted by Crippen LogP contribution is 1.68. The number of hydrogen-bond donors (Lipinski definition) is 1. The van der Waals surface area contributed by atoms with Crippen LogP contribution >= 0.6 is 0 Å². The predicted molar refractivity (Wildman–Crippen MR) is 23.9 cm³/mol. The maximum Gasteiger partial charge on any atom is 0.168 e. The molecule has 0 aliphatic heterocycles. The molecule has 0 aliphatic rings. The van der Waals surface area contributed by atoms with Gasteiger partial charge in [-0.3, -0.25) is 5.41 Å². The first-order valence-electron chi connectivity index (χ1n) is 1.53. The molecule has 0 aromatic rings. The zero-order chi connectivity index (χ0) is 5.54. The molecule has 0 amide bonds. The molecule has 0 aromatic heterocycles. The Bertz CT molecular complexity index is 93.9. The third kappa shape index (κ3) is 4.78. The van der Waals surface area contributed by atoms with Crippen LogP contribution in [-0.4, -0.2) is 13.1 Å². The van der Waals surface area contributed by atoms with Crippen molar-refractivity contribution in [3.05, 3.63) is 10.4 Å². The first-order valence-corrected chi connectivity index (χ1v) is 1.53. The van der Waals surface area contributed by atoms with Crippen molar-refractivity contribution in [2.24, 2.45) is 5.11 Å². The second-order valence-electron chi connectivity index (χ2n) is 0.644. The van der Waals surface area contributed by atoms with Crippen LogP contribution in [0.5, 0.6) is 0 Å². The molecule has 0 unspecified atom stereocenters. The standard InChI is InChI=1S/C2H4N4O/c3-1-7-2-5-6-4/h1,3H,2H2. The largest absolute Gasteiger partial charge is 0.478 e. The third-order valence-corrected chi connectivity index (χ3v) is 0.279. The van der Waals surface area contributed by atoms with Crippen molar-refractivity contribution in [1.82, 2.24) is 0 Å². The van der Waals surface area contributed by atoms with Crippen molar-refractivity contribution in [2.75, 3.05) is 6.73 Å². The summed E-state index contributed by atoms with van der Waals surface area (Å²) >= 11 is 0. The van der Waals surface area contributed by atoms with Crippen LogP contribution in [0.15, 0.2) is 5.11 Å². The molecule has 1 N–H and O–H groups in total. The van der Waals surface area contributed by atoms with Gasteiger partial charge in [-0.25, -0.2) is 0 Å². The first-order chi connectivity index (χ1) is 3.41. The van der Waals surface area contributed by atoms with Crippen molar-refractivity contribution >= 4 is 6.40 Å². The molecular formula is C2H4N4O. The quantitative estimate of drug-likeness (QED) is 0.140. The van der Waals surface area contributed by atoms with Gasteiger partial charge in [-0.15, -0.1) is 0 Å². The molecule has 0 radical (unpaired) electrons. The Kier molecular flexibility index (Phi) is 3.95. The lowest BCUT2D eigenvalue weighted by atomic mass is 11.3. The Labute approximate surface area is 40.0 Å². The highest BCUT2D eigenvalue weighted by atomic mass is 16.5. The van der Waals surface area contributed by atoms with Crippen molar-refractivity contribution in [3.63, 3.8) is 0 Å². The van der Waals surface area contributed by atoms with Gasteiger partial charge in [0.15, 0.2) is 13.1 Å². The Morgan fingerprint density at radius 1 is 2.00 bits per heavy atom. The summed E-state index contributed by atoms with van der Waals surface area (Å²) in [5.41, 5.74) is 7.60. The summed E-state index contributed by atoms with van der Waals surface area (Å²) in [7, 11) is 0. The van der Waals surface area contributed by atoms with Crippen LogP contribution in [0, 0.1) is 5.41 Å². The lowest BCUT2D eigenvalue weighted by molar-refractivity contribution is 0.329. The average Bonchev–Trinajstić information content (AvgIpc) is 1.69. The molecule has 0 saturated heterocycles. The van der Waals surface area contributed by atoms with Crippen LogP contribution in [0.25, 0.3) is 10.4 Å². The van der Waals surface area contributed by atoms with E-state index in [-0.39, 0.29) is 6.73 Å². The van der Waals surface area contributed by atoms with E-state index in [2.05, 4.69) is 14.8 Å². The Balaban J connectivity index is 2.97. The number of azide groups is 1. The summed E-state index contributed by atoms with van der Waals surface area (Å²) in [5, 5.41) is 9.22. The normalized spacial score (nSPS) is 6.29. The molecule has 7 heavy (non-hydrogen) atoms. The number of nitrogens with zero attached hydrogens (tertiary/aromatic N) is 3. The van der Waals surface area contributed by atoms with Crippen LogP contribution < -0.4 is 0 Å². The fourth-order valence-corrected chi connectivity index (χ4v) is 0.0964. The van der Waals surface area contributed by atoms with Crippen LogP contribution in [-0.2, 0) is 4.74 Å². The fourth-order valence-electron chi connectivity index (χ4n) is 0.0964. The second kappa shape index (κ2) is 4.78. The summed E-state index contributed by atoms with van der Waals surface area (Å²) in [4.78, 5) is 2.37. The summed E-state index contributed by atoms with van der Waals surface area (Å²) in [6.45, 7) is -0.0972. The number of nitrogens with one attached hydrogen (secondary N) is 1. The average molecular weight is 100 g/mol. The summed E-state index contributed by atoms with van der Waals surface area (Å²) in [6, 6.07) is 0. The van der Waals surface area contributed by atoms with Crippen molar-refractivity contribution < 1.29 is 4.74 Å². The molecule has 0 saturated carbocycles. The lowest BCUT2D eigenvalue weighted by Crippen LogP contribution is -1.82. The van der Waals surface area contributed by atoms with Gasteiger partial charge >= 0.3 is 0 Å². The minimum atomic E-state index is -0.0972. The molecule has 5 nitrogen and oxygen atoms in total. The van der Waals surface area contributed by atoms with Gasteiger partial charge in [-0.05, 0) is 5.53 Å². The van der Waals surface area contributed by atoms with Gasteiger partial charge in [0.1, 0.15) is 0 Å². The van der Waals surface area contributed by atoms with E-state index in [0.29, 0.717) is 6.40 Å². The van der Waals surface area contributed by atoms with E-state index in [1.807, 2.05) is 0 Å². The van der Waals surface area contributed by atoms with E-state index in [0.717, 1.165) is 0 Å². The number of hydrogen-bond acceptors (Lipinski definition) is 3. The Hall–Kier alpha value is -1.22. The molecule has 0 heterocycles. The molecule has 0 atom stereocenters. The zero-order valence-corrected chi connectivity index (χ0v) is 3.53. The zero-order valence-electron chi connectivity index (χ0n) is 3.53. The summed E-state index contributed by atoms with van der Waals surface area (Å²) < 4.78 is 4.20. The lowest BCUT2D eigenvalue weighted by Gasteiger charge is -1.83. The maximum absolute atomic E-state index is 7.60. The molecular weight excluding hydrogens is 96.0 g/mol. The maximum atomic E-state index is 7.60. The van der Waals surface area contributed by atoms with Gasteiger partial charge in [0.05, 0.1) is 0 Å². The van der Waals surface area contributed by atoms with Crippen LogP contribution in [0.3, 0.4) is 0 Å². The van der Waals surface area contributed by atoms with Gasteiger partial charge in [0.2, 0.25) is 0 Å². The molecule has 38 valence electrons. The summed E-state index contributed by atoms with van der Waals surface area (Å²) in [5.74, 6) is 0. The first kappa shape index (κ1) is 5.78. The molecule has 0 aromatic carbocycles.